The third-order valence-electron chi connectivity index (χ3n) is 5.82. The topological polar surface area (TPSA) is 126 Å². The predicted octanol–water partition coefficient (Wildman–Crippen LogP) is 3.86. The zero-order valence-electron chi connectivity index (χ0n) is 19.9. The van der Waals surface area contributed by atoms with E-state index in [0.29, 0.717) is 20.7 Å². The van der Waals surface area contributed by atoms with E-state index in [1.165, 1.54) is 18.1 Å². The number of ketones is 1. The zero-order chi connectivity index (χ0) is 26.7. The van der Waals surface area contributed by atoms with Crippen LogP contribution in [0.25, 0.3) is 6.08 Å². The lowest BCUT2D eigenvalue weighted by molar-refractivity contribution is -0.122. The first-order chi connectivity index (χ1) is 17.7. The maximum absolute atomic E-state index is 13.2. The smallest absolute Gasteiger partial charge is 0.271 e. The molecule has 3 aromatic rings. The number of thioether (sulfide) groups is 1. The molecular weight excluding hydrogens is 514 g/mol. The highest BCUT2D eigenvalue weighted by molar-refractivity contribution is 8.26. The molecule has 0 spiro atoms. The normalized spacial score (nSPS) is 14.3. The van der Waals surface area contributed by atoms with E-state index in [-0.39, 0.29) is 42.1 Å². The van der Waals surface area contributed by atoms with Crippen LogP contribution < -0.4 is 10.3 Å². The summed E-state index contributed by atoms with van der Waals surface area (Å²) in [5.74, 6) is -0.373. The molecule has 3 heterocycles. The Morgan fingerprint density at radius 1 is 1.27 bits per heavy atom. The summed E-state index contributed by atoms with van der Waals surface area (Å²) < 4.78 is 11.6. The molecule has 2 aromatic heterocycles. The van der Waals surface area contributed by atoms with E-state index in [1.54, 1.807) is 37.5 Å². The molecule has 0 saturated carbocycles. The number of rotatable bonds is 8. The molecule has 1 amide bonds. The number of Topliss-reactive ketones (excluding diaryl/α,β-unsaturated/α-hetero) is 1. The van der Waals surface area contributed by atoms with Crippen molar-refractivity contribution in [1.29, 1.82) is 5.26 Å². The van der Waals surface area contributed by atoms with E-state index < -0.39 is 17.2 Å². The molecule has 4 rings (SSSR count). The van der Waals surface area contributed by atoms with Gasteiger partial charge in [-0.1, -0.05) is 36.1 Å². The molecular formula is C26H21N3O6S2. The third kappa shape index (κ3) is 5.21. The first-order valence-electron chi connectivity index (χ1n) is 11.1. The Morgan fingerprint density at radius 3 is 2.62 bits per heavy atom. The lowest BCUT2D eigenvalue weighted by atomic mass is 10.00. The molecule has 0 bridgehead atoms. The van der Waals surface area contributed by atoms with Crippen molar-refractivity contribution >= 4 is 46.1 Å². The van der Waals surface area contributed by atoms with E-state index in [1.807, 2.05) is 18.2 Å². The molecule has 1 aromatic carbocycles. The Hall–Kier alpha value is -4.14. The van der Waals surface area contributed by atoms with Crippen molar-refractivity contribution in [3.8, 4) is 17.7 Å². The second kappa shape index (κ2) is 10.9. The Labute approximate surface area is 221 Å². The largest absolute Gasteiger partial charge is 0.497 e. The van der Waals surface area contributed by atoms with Gasteiger partial charge < -0.3 is 14.3 Å². The molecule has 0 aliphatic carbocycles. The highest BCUT2D eigenvalue weighted by Crippen LogP contribution is 2.33. The summed E-state index contributed by atoms with van der Waals surface area (Å²) in [6.07, 6.45) is 2.94. The van der Waals surface area contributed by atoms with Gasteiger partial charge in [0.15, 0.2) is 5.78 Å². The molecule has 1 N–H and O–H groups in total. The first-order valence-corrected chi connectivity index (χ1v) is 12.3. The summed E-state index contributed by atoms with van der Waals surface area (Å²) in [6, 6.07) is 12.2. The van der Waals surface area contributed by atoms with E-state index >= 15 is 0 Å². The van der Waals surface area contributed by atoms with Gasteiger partial charge in [0.2, 0.25) is 5.88 Å². The number of aromatic nitrogens is 1. The summed E-state index contributed by atoms with van der Waals surface area (Å²) in [5.41, 5.74) is -0.259. The van der Waals surface area contributed by atoms with Crippen LogP contribution in [-0.4, -0.2) is 44.2 Å². The molecule has 1 saturated heterocycles. The highest BCUT2D eigenvalue weighted by atomic mass is 32.2. The molecule has 0 radical (unpaired) electrons. The third-order valence-corrected chi connectivity index (χ3v) is 7.20. The summed E-state index contributed by atoms with van der Waals surface area (Å²) >= 11 is 6.49. The second-order valence-corrected chi connectivity index (χ2v) is 9.74. The van der Waals surface area contributed by atoms with Crippen LogP contribution in [0.4, 0.5) is 0 Å². The van der Waals surface area contributed by atoms with Crippen molar-refractivity contribution in [2.75, 3.05) is 13.7 Å². The number of benzene rings is 1. The minimum Gasteiger partial charge on any atom is -0.497 e. The number of amides is 1. The average molecular weight is 536 g/mol. The standard InChI is InChI=1S/C26H21N3O6S2/c1-15-19(13-27)23(31)29(14-18-4-3-11-35-18)25(33)22(15)20(30)9-10-28-24(32)21(37-26(28)36)12-16-5-7-17(34-2)8-6-16/h3-8,11-12,33H,9-10,14H2,1-2H3/b21-12-. The van der Waals surface area contributed by atoms with Crippen molar-refractivity contribution in [1.82, 2.24) is 9.47 Å². The average Bonchev–Trinajstić information content (AvgIpc) is 3.49. The van der Waals surface area contributed by atoms with Crippen molar-refractivity contribution < 1.29 is 23.8 Å². The van der Waals surface area contributed by atoms with Crippen LogP contribution in [-0.2, 0) is 11.3 Å². The minimum absolute atomic E-state index is 0.0263. The molecule has 0 unspecified atom stereocenters. The van der Waals surface area contributed by atoms with Crippen molar-refractivity contribution in [3.63, 3.8) is 0 Å². The summed E-state index contributed by atoms with van der Waals surface area (Å²) in [4.78, 5) is 40.7. The quantitative estimate of drug-likeness (QED) is 0.260. The summed E-state index contributed by atoms with van der Waals surface area (Å²) in [7, 11) is 1.57. The lowest BCUT2D eigenvalue weighted by Crippen LogP contribution is -2.31. The van der Waals surface area contributed by atoms with Gasteiger partial charge in [0.25, 0.3) is 11.5 Å². The number of ether oxygens (including phenoxy) is 1. The molecule has 1 fully saturated rings. The number of nitriles is 1. The van der Waals surface area contributed by atoms with Crippen molar-refractivity contribution in [2.45, 2.75) is 19.9 Å². The number of thiocarbonyl (C=S) groups is 1. The number of furan rings is 1. The number of methoxy groups -OCH3 is 1. The molecule has 188 valence electrons. The number of hydrogen-bond acceptors (Lipinski definition) is 9. The van der Waals surface area contributed by atoms with Gasteiger partial charge in [0.05, 0.1) is 30.4 Å². The van der Waals surface area contributed by atoms with Gasteiger partial charge in [-0.3, -0.25) is 23.9 Å². The molecule has 0 atom stereocenters. The van der Waals surface area contributed by atoms with Crippen LogP contribution in [0, 0.1) is 18.3 Å². The van der Waals surface area contributed by atoms with E-state index in [0.717, 1.165) is 21.9 Å². The number of hydrogen-bond donors (Lipinski definition) is 1. The second-order valence-electron chi connectivity index (χ2n) is 8.06. The molecule has 11 heteroatoms. The van der Waals surface area contributed by atoms with Crippen LogP contribution in [0.2, 0.25) is 0 Å². The van der Waals surface area contributed by atoms with Gasteiger partial charge in [-0.05, 0) is 48.4 Å². The van der Waals surface area contributed by atoms with E-state index in [4.69, 9.17) is 21.4 Å². The van der Waals surface area contributed by atoms with Gasteiger partial charge in [-0.25, -0.2) is 0 Å². The summed E-state index contributed by atoms with van der Waals surface area (Å²) in [5, 5.41) is 20.4. The number of nitrogens with zero attached hydrogens (tertiary/aromatic N) is 3. The van der Waals surface area contributed by atoms with E-state index in [9.17, 15) is 24.8 Å². The van der Waals surface area contributed by atoms with Crippen LogP contribution in [0.1, 0.15) is 39.2 Å². The van der Waals surface area contributed by atoms with Gasteiger partial charge in [0, 0.05) is 13.0 Å². The number of aromatic hydroxyl groups is 1. The Balaban J connectivity index is 1.55. The number of carbonyl (C=O) groups excluding carboxylic acids is 2. The number of pyridine rings is 1. The van der Waals surface area contributed by atoms with Gasteiger partial charge in [-0.2, -0.15) is 5.26 Å². The molecule has 9 nitrogen and oxygen atoms in total. The van der Waals surface area contributed by atoms with Crippen LogP contribution in [0.3, 0.4) is 0 Å². The SMILES string of the molecule is COc1ccc(/C=C2\SC(=S)N(CCC(=O)c3c(C)c(C#N)c(=O)n(Cc4ccco4)c3O)C2=O)cc1. The predicted molar refractivity (Wildman–Crippen MR) is 141 cm³/mol. The van der Waals surface area contributed by atoms with Crippen LogP contribution in [0.15, 0.2) is 56.8 Å². The highest BCUT2D eigenvalue weighted by Gasteiger charge is 2.33. The molecule has 1 aliphatic rings. The fraction of sp³-hybridized carbons (Fsp3) is 0.192. The number of carbonyl (C=O) groups is 2. The van der Waals surface area contributed by atoms with Crippen LogP contribution in [0.5, 0.6) is 11.6 Å². The Morgan fingerprint density at radius 2 is 2.00 bits per heavy atom. The first kappa shape index (κ1) is 25.9. The lowest BCUT2D eigenvalue weighted by Gasteiger charge is -2.17. The maximum Gasteiger partial charge on any atom is 0.271 e. The monoisotopic (exact) mass is 535 g/mol. The fourth-order valence-electron chi connectivity index (χ4n) is 3.87. The Kier molecular flexibility index (Phi) is 7.61. The Bertz CT molecular complexity index is 1520. The van der Waals surface area contributed by atoms with Crippen molar-refractivity contribution in [2.24, 2.45) is 0 Å². The maximum atomic E-state index is 13.2. The molecule has 1 aliphatic heterocycles. The fourth-order valence-corrected chi connectivity index (χ4v) is 5.18. The van der Waals surface area contributed by atoms with Crippen LogP contribution >= 0.6 is 24.0 Å². The van der Waals surface area contributed by atoms with E-state index in [2.05, 4.69) is 0 Å². The summed E-state index contributed by atoms with van der Waals surface area (Å²) in [6.45, 7) is 1.25. The van der Waals surface area contributed by atoms with Crippen molar-refractivity contribution in [3.05, 3.63) is 85.9 Å². The van der Waals surface area contributed by atoms with Gasteiger partial charge in [-0.15, -0.1) is 0 Å². The minimum atomic E-state index is -0.731. The zero-order valence-corrected chi connectivity index (χ0v) is 21.5. The van der Waals surface area contributed by atoms with Gasteiger partial charge >= 0.3 is 0 Å². The van der Waals surface area contributed by atoms with Gasteiger partial charge in [0.1, 0.15) is 27.5 Å². The molecule has 37 heavy (non-hydrogen) atoms.